The summed E-state index contributed by atoms with van der Waals surface area (Å²) in [6.45, 7) is 7.07. The maximum Gasteiger partial charge on any atom is 0.407 e. The molecule has 0 unspecified atom stereocenters. The van der Waals surface area contributed by atoms with Gasteiger partial charge in [0.25, 0.3) is 0 Å². The highest BCUT2D eigenvalue weighted by Crippen LogP contribution is 2.29. The molecule has 0 radical (unpaired) electrons. The summed E-state index contributed by atoms with van der Waals surface area (Å²) in [7, 11) is 1.35. The molecular formula is C21H27N3O4. The van der Waals surface area contributed by atoms with E-state index in [0.29, 0.717) is 5.69 Å². The van der Waals surface area contributed by atoms with Crippen LogP contribution in [0, 0.1) is 0 Å². The van der Waals surface area contributed by atoms with Crippen LogP contribution in [-0.2, 0) is 9.47 Å². The Balaban J connectivity index is 1.74. The Morgan fingerprint density at radius 3 is 2.50 bits per heavy atom. The highest BCUT2D eigenvalue weighted by molar-refractivity contribution is 5.98. The number of benzene rings is 1. The normalized spacial score (nSPS) is 15.4. The van der Waals surface area contributed by atoms with Crippen LogP contribution in [0.25, 0.3) is 10.9 Å². The van der Waals surface area contributed by atoms with Gasteiger partial charge in [0, 0.05) is 30.2 Å². The molecule has 0 aliphatic carbocycles. The number of anilines is 1. The molecule has 1 aliphatic heterocycles. The summed E-state index contributed by atoms with van der Waals surface area (Å²) in [6, 6.07) is 9.61. The number of methoxy groups -OCH3 is 1. The lowest BCUT2D eigenvalue weighted by Crippen LogP contribution is -2.46. The molecule has 1 N–H and O–H groups in total. The van der Waals surface area contributed by atoms with Crippen molar-refractivity contribution in [2.45, 2.75) is 45.3 Å². The average Bonchev–Trinajstić information content (AvgIpc) is 2.65. The maximum atomic E-state index is 12.0. The van der Waals surface area contributed by atoms with Crippen molar-refractivity contribution in [1.82, 2.24) is 10.3 Å². The van der Waals surface area contributed by atoms with Gasteiger partial charge in [-0.25, -0.2) is 14.6 Å². The van der Waals surface area contributed by atoms with Crippen molar-refractivity contribution in [3.8, 4) is 0 Å². The number of hydrogen-bond donors (Lipinski definition) is 1. The number of alkyl carbamates (subject to hydrolysis) is 1. The highest BCUT2D eigenvalue weighted by Gasteiger charge is 2.25. The smallest absolute Gasteiger partial charge is 0.407 e. The van der Waals surface area contributed by atoms with Gasteiger partial charge in [-0.2, -0.15) is 0 Å². The fourth-order valence-corrected chi connectivity index (χ4v) is 3.37. The van der Waals surface area contributed by atoms with E-state index in [-0.39, 0.29) is 12.1 Å². The lowest BCUT2D eigenvalue weighted by atomic mass is 10.0. The van der Waals surface area contributed by atoms with Crippen LogP contribution in [0.3, 0.4) is 0 Å². The van der Waals surface area contributed by atoms with Crippen LogP contribution >= 0.6 is 0 Å². The minimum atomic E-state index is -0.509. The van der Waals surface area contributed by atoms with Crippen molar-refractivity contribution in [2.24, 2.45) is 0 Å². The molecule has 1 aromatic heterocycles. The number of para-hydroxylation sites is 1. The van der Waals surface area contributed by atoms with E-state index in [0.717, 1.165) is 42.5 Å². The number of ether oxygens (including phenoxy) is 2. The van der Waals surface area contributed by atoms with Crippen LogP contribution in [0.15, 0.2) is 30.3 Å². The van der Waals surface area contributed by atoms with Gasteiger partial charge in [0.2, 0.25) is 0 Å². The third-order valence-corrected chi connectivity index (χ3v) is 4.65. The average molecular weight is 385 g/mol. The number of carbonyl (C=O) groups excluding carboxylic acids is 2. The Morgan fingerprint density at radius 2 is 1.86 bits per heavy atom. The van der Waals surface area contributed by atoms with Crippen molar-refractivity contribution in [3.63, 3.8) is 0 Å². The topological polar surface area (TPSA) is 80.8 Å². The van der Waals surface area contributed by atoms with E-state index in [1.165, 1.54) is 7.11 Å². The zero-order valence-electron chi connectivity index (χ0n) is 16.8. The second-order valence-corrected chi connectivity index (χ2v) is 7.94. The van der Waals surface area contributed by atoms with Gasteiger partial charge >= 0.3 is 12.1 Å². The molecule has 0 spiro atoms. The fraction of sp³-hybridized carbons (Fsp3) is 0.476. The molecule has 0 saturated carbocycles. The Morgan fingerprint density at radius 1 is 1.18 bits per heavy atom. The molecule has 2 aromatic rings. The van der Waals surface area contributed by atoms with Gasteiger partial charge in [-0.15, -0.1) is 0 Å². The van der Waals surface area contributed by atoms with E-state index < -0.39 is 11.6 Å². The zero-order valence-corrected chi connectivity index (χ0v) is 16.8. The molecular weight excluding hydrogens is 358 g/mol. The molecule has 3 rings (SSSR count). The Kier molecular flexibility index (Phi) is 5.72. The number of fused-ring (bicyclic) bond motifs is 1. The SMILES string of the molecule is COC(=O)c1cc(N2CCC(NC(=O)OC(C)(C)C)CC2)c2ccccc2n1. The molecule has 1 saturated heterocycles. The second-order valence-electron chi connectivity index (χ2n) is 7.94. The van der Waals surface area contributed by atoms with Gasteiger partial charge in [0.1, 0.15) is 5.60 Å². The number of aromatic nitrogens is 1. The first-order valence-electron chi connectivity index (χ1n) is 9.49. The molecule has 1 fully saturated rings. The molecule has 0 bridgehead atoms. The van der Waals surface area contributed by atoms with Crippen molar-refractivity contribution in [3.05, 3.63) is 36.0 Å². The lowest BCUT2D eigenvalue weighted by molar-refractivity contribution is 0.0496. The number of nitrogens with zero attached hydrogens (tertiary/aromatic N) is 2. The third-order valence-electron chi connectivity index (χ3n) is 4.65. The van der Waals surface area contributed by atoms with Gasteiger partial charge in [-0.05, 0) is 45.7 Å². The number of esters is 1. The summed E-state index contributed by atoms with van der Waals surface area (Å²) >= 11 is 0. The summed E-state index contributed by atoms with van der Waals surface area (Å²) in [5.74, 6) is -0.450. The fourth-order valence-electron chi connectivity index (χ4n) is 3.37. The van der Waals surface area contributed by atoms with Crippen LogP contribution in [0.1, 0.15) is 44.1 Å². The minimum absolute atomic E-state index is 0.0688. The predicted octanol–water partition coefficient (Wildman–Crippen LogP) is 3.51. The molecule has 150 valence electrons. The summed E-state index contributed by atoms with van der Waals surface area (Å²) in [6.07, 6.45) is 1.21. The summed E-state index contributed by atoms with van der Waals surface area (Å²) in [4.78, 5) is 30.7. The Hall–Kier alpha value is -2.83. The molecule has 7 heteroatoms. The number of nitrogens with one attached hydrogen (secondary N) is 1. The van der Waals surface area contributed by atoms with Crippen LogP contribution in [0.5, 0.6) is 0 Å². The van der Waals surface area contributed by atoms with Crippen LogP contribution in [0.2, 0.25) is 0 Å². The first-order valence-corrected chi connectivity index (χ1v) is 9.49. The number of piperidine rings is 1. The van der Waals surface area contributed by atoms with Gasteiger partial charge in [0.05, 0.1) is 12.6 Å². The highest BCUT2D eigenvalue weighted by atomic mass is 16.6. The van der Waals surface area contributed by atoms with Gasteiger partial charge in [-0.3, -0.25) is 0 Å². The summed E-state index contributed by atoms with van der Waals surface area (Å²) < 4.78 is 10.2. The van der Waals surface area contributed by atoms with Crippen molar-refractivity contribution >= 4 is 28.7 Å². The van der Waals surface area contributed by atoms with E-state index in [1.807, 2.05) is 45.0 Å². The number of amides is 1. The molecule has 7 nitrogen and oxygen atoms in total. The molecule has 1 amide bonds. The van der Waals surface area contributed by atoms with Crippen LogP contribution in [0.4, 0.5) is 10.5 Å². The predicted molar refractivity (Wildman–Crippen MR) is 108 cm³/mol. The van der Waals surface area contributed by atoms with E-state index in [2.05, 4.69) is 15.2 Å². The van der Waals surface area contributed by atoms with E-state index >= 15 is 0 Å². The summed E-state index contributed by atoms with van der Waals surface area (Å²) in [5.41, 5.74) is 1.51. The van der Waals surface area contributed by atoms with Gasteiger partial charge in [-0.1, -0.05) is 18.2 Å². The second kappa shape index (κ2) is 8.04. The van der Waals surface area contributed by atoms with E-state index in [9.17, 15) is 9.59 Å². The molecule has 2 heterocycles. The molecule has 0 atom stereocenters. The lowest BCUT2D eigenvalue weighted by Gasteiger charge is -2.35. The Bertz CT molecular complexity index is 868. The van der Waals surface area contributed by atoms with Crippen LogP contribution in [-0.4, -0.2) is 48.9 Å². The van der Waals surface area contributed by atoms with Crippen LogP contribution < -0.4 is 10.2 Å². The largest absolute Gasteiger partial charge is 0.464 e. The number of hydrogen-bond acceptors (Lipinski definition) is 6. The van der Waals surface area contributed by atoms with Gasteiger partial charge in [0.15, 0.2) is 5.69 Å². The van der Waals surface area contributed by atoms with Crippen molar-refractivity contribution in [1.29, 1.82) is 0 Å². The van der Waals surface area contributed by atoms with E-state index in [1.54, 1.807) is 6.07 Å². The van der Waals surface area contributed by atoms with Gasteiger partial charge < -0.3 is 19.7 Å². The third kappa shape index (κ3) is 4.71. The monoisotopic (exact) mass is 385 g/mol. The minimum Gasteiger partial charge on any atom is -0.464 e. The number of rotatable bonds is 3. The number of carbonyl (C=O) groups is 2. The first-order chi connectivity index (χ1) is 13.3. The Labute approximate surface area is 165 Å². The molecule has 1 aliphatic rings. The number of pyridine rings is 1. The van der Waals surface area contributed by atoms with E-state index in [4.69, 9.17) is 9.47 Å². The molecule has 1 aromatic carbocycles. The standard InChI is InChI=1S/C21H27N3O4/c1-21(2,3)28-20(26)22-14-9-11-24(12-10-14)18-13-17(19(25)27-4)23-16-8-6-5-7-15(16)18/h5-8,13-14H,9-12H2,1-4H3,(H,22,26). The zero-order chi connectivity index (χ0) is 20.3. The molecule has 28 heavy (non-hydrogen) atoms. The quantitative estimate of drug-likeness (QED) is 0.815. The summed E-state index contributed by atoms with van der Waals surface area (Å²) in [5, 5.41) is 3.94. The maximum absolute atomic E-state index is 12.0. The first kappa shape index (κ1) is 19.9. The van der Waals surface area contributed by atoms with Crippen molar-refractivity contribution in [2.75, 3.05) is 25.1 Å². The van der Waals surface area contributed by atoms with Crippen molar-refractivity contribution < 1.29 is 19.1 Å².